The maximum Gasteiger partial charge on any atom is 0.244 e. The lowest BCUT2D eigenvalue weighted by molar-refractivity contribution is -0.117. The maximum absolute atomic E-state index is 13.1. The summed E-state index contributed by atoms with van der Waals surface area (Å²) in [7, 11) is 0. The van der Waals surface area contributed by atoms with Crippen molar-refractivity contribution in [1.82, 2.24) is 5.32 Å². The average molecular weight is 311 g/mol. The second-order valence-electron chi connectivity index (χ2n) is 5.58. The summed E-state index contributed by atoms with van der Waals surface area (Å²) in [5.74, 6) is 0.401. The van der Waals surface area contributed by atoms with Gasteiger partial charge >= 0.3 is 0 Å². The number of hydrogen-bond acceptors (Lipinski definition) is 2. The van der Waals surface area contributed by atoms with Crippen molar-refractivity contribution in [2.24, 2.45) is 0 Å². The van der Waals surface area contributed by atoms with Gasteiger partial charge in [-0.05, 0) is 54.0 Å². The van der Waals surface area contributed by atoms with Gasteiger partial charge in [-0.25, -0.2) is 4.39 Å². The predicted molar refractivity (Wildman–Crippen MR) is 87.6 cm³/mol. The quantitative estimate of drug-likeness (QED) is 0.875. The zero-order chi connectivity index (χ0) is 16.2. The molecule has 0 saturated carbocycles. The number of benzene rings is 2. The normalized spacial score (nSPS) is 14.3. The highest BCUT2D eigenvalue weighted by atomic mass is 19.1. The van der Waals surface area contributed by atoms with E-state index < -0.39 is 0 Å². The van der Waals surface area contributed by atoms with Crippen LogP contribution in [0.1, 0.15) is 29.7 Å². The number of fused-ring (bicyclic) bond motifs is 1. The van der Waals surface area contributed by atoms with E-state index in [1.165, 1.54) is 23.8 Å². The highest BCUT2D eigenvalue weighted by molar-refractivity contribution is 5.91. The standard InChI is InChI=1S/C19H18FNO2/c1-13(15-6-7-18-16(12-15)9-10-23-18)21-19(22)8-5-14-3-2-4-17(20)11-14/h2-8,11-13H,9-10H2,1H3,(H,21,22). The van der Waals surface area contributed by atoms with Gasteiger partial charge in [-0.2, -0.15) is 0 Å². The number of ether oxygens (including phenoxy) is 1. The minimum Gasteiger partial charge on any atom is -0.493 e. The second-order valence-corrected chi connectivity index (χ2v) is 5.58. The Labute approximate surface area is 134 Å². The van der Waals surface area contributed by atoms with Gasteiger partial charge in [0.2, 0.25) is 5.91 Å². The largest absolute Gasteiger partial charge is 0.493 e. The molecule has 0 radical (unpaired) electrons. The number of halogens is 1. The summed E-state index contributed by atoms with van der Waals surface area (Å²) in [5.41, 5.74) is 2.88. The van der Waals surface area contributed by atoms with Crippen molar-refractivity contribution in [2.45, 2.75) is 19.4 Å². The third-order valence-corrected chi connectivity index (χ3v) is 3.85. The molecule has 1 atom stereocenters. The Morgan fingerprint density at radius 3 is 3.00 bits per heavy atom. The fourth-order valence-electron chi connectivity index (χ4n) is 2.60. The fourth-order valence-corrected chi connectivity index (χ4v) is 2.60. The third kappa shape index (κ3) is 3.77. The van der Waals surface area contributed by atoms with E-state index in [4.69, 9.17) is 4.74 Å². The molecule has 1 heterocycles. The van der Waals surface area contributed by atoms with E-state index in [0.29, 0.717) is 5.56 Å². The van der Waals surface area contributed by atoms with Gasteiger partial charge in [0.1, 0.15) is 11.6 Å². The van der Waals surface area contributed by atoms with Crippen molar-refractivity contribution in [2.75, 3.05) is 6.61 Å². The third-order valence-electron chi connectivity index (χ3n) is 3.85. The van der Waals surface area contributed by atoms with E-state index in [0.717, 1.165) is 24.3 Å². The zero-order valence-electron chi connectivity index (χ0n) is 12.9. The monoisotopic (exact) mass is 311 g/mol. The smallest absolute Gasteiger partial charge is 0.244 e. The Morgan fingerprint density at radius 2 is 2.17 bits per heavy atom. The van der Waals surface area contributed by atoms with Crippen molar-refractivity contribution in [3.63, 3.8) is 0 Å². The van der Waals surface area contributed by atoms with E-state index in [1.54, 1.807) is 18.2 Å². The summed E-state index contributed by atoms with van der Waals surface area (Å²) >= 11 is 0. The summed E-state index contributed by atoms with van der Waals surface area (Å²) < 4.78 is 18.6. The highest BCUT2D eigenvalue weighted by Gasteiger charge is 2.15. The minimum atomic E-state index is -0.318. The highest BCUT2D eigenvalue weighted by Crippen LogP contribution is 2.28. The number of hydrogen-bond donors (Lipinski definition) is 1. The number of carbonyl (C=O) groups excluding carboxylic acids is 1. The molecule has 1 aliphatic rings. The number of rotatable bonds is 4. The van der Waals surface area contributed by atoms with Crippen LogP contribution in [0.3, 0.4) is 0 Å². The van der Waals surface area contributed by atoms with Gasteiger partial charge in [0.25, 0.3) is 0 Å². The summed E-state index contributed by atoms with van der Waals surface area (Å²) in [6.45, 7) is 2.65. The van der Waals surface area contributed by atoms with Crippen LogP contribution in [0.2, 0.25) is 0 Å². The lowest BCUT2D eigenvalue weighted by Crippen LogP contribution is -2.24. The lowest BCUT2D eigenvalue weighted by Gasteiger charge is -2.14. The van der Waals surface area contributed by atoms with E-state index in [1.807, 2.05) is 19.1 Å². The predicted octanol–water partition coefficient (Wildman–Crippen LogP) is 3.65. The topological polar surface area (TPSA) is 38.3 Å². The Bertz CT molecular complexity index is 755. The Kier molecular flexibility index (Phi) is 4.42. The van der Waals surface area contributed by atoms with E-state index >= 15 is 0 Å². The maximum atomic E-state index is 13.1. The van der Waals surface area contributed by atoms with Crippen LogP contribution in [0, 0.1) is 5.82 Å². The molecule has 0 saturated heterocycles. The molecule has 0 spiro atoms. The van der Waals surface area contributed by atoms with Crippen LogP contribution in [-0.4, -0.2) is 12.5 Å². The molecule has 23 heavy (non-hydrogen) atoms. The first kappa shape index (κ1) is 15.3. The van der Waals surface area contributed by atoms with Crippen molar-refractivity contribution in [3.05, 3.63) is 71.0 Å². The molecule has 0 aromatic heterocycles. The van der Waals surface area contributed by atoms with Gasteiger partial charge in [0.15, 0.2) is 0 Å². The van der Waals surface area contributed by atoms with E-state index in [-0.39, 0.29) is 17.8 Å². The molecule has 118 valence electrons. The van der Waals surface area contributed by atoms with Gasteiger partial charge in [0.05, 0.1) is 12.6 Å². The van der Waals surface area contributed by atoms with Gasteiger partial charge in [-0.3, -0.25) is 4.79 Å². The van der Waals surface area contributed by atoms with E-state index in [2.05, 4.69) is 11.4 Å². The van der Waals surface area contributed by atoms with Crippen molar-refractivity contribution < 1.29 is 13.9 Å². The molecule has 1 aliphatic heterocycles. The number of amides is 1. The Morgan fingerprint density at radius 1 is 1.30 bits per heavy atom. The van der Waals surface area contributed by atoms with Crippen LogP contribution >= 0.6 is 0 Å². The van der Waals surface area contributed by atoms with Crippen molar-refractivity contribution in [3.8, 4) is 5.75 Å². The molecule has 1 unspecified atom stereocenters. The molecule has 0 fully saturated rings. The van der Waals surface area contributed by atoms with Crippen LogP contribution in [0.15, 0.2) is 48.5 Å². The molecule has 2 aromatic carbocycles. The van der Waals surface area contributed by atoms with Crippen molar-refractivity contribution in [1.29, 1.82) is 0 Å². The SMILES string of the molecule is CC(NC(=O)C=Cc1cccc(F)c1)c1ccc2c(c1)CCO2. The first-order valence-corrected chi connectivity index (χ1v) is 7.61. The molecule has 0 aliphatic carbocycles. The molecule has 1 N–H and O–H groups in total. The minimum absolute atomic E-state index is 0.106. The van der Waals surface area contributed by atoms with Crippen LogP contribution < -0.4 is 10.1 Å². The fraction of sp³-hybridized carbons (Fsp3) is 0.211. The lowest BCUT2D eigenvalue weighted by atomic mass is 10.0. The van der Waals surface area contributed by atoms with Gasteiger partial charge in [0, 0.05) is 12.5 Å². The van der Waals surface area contributed by atoms with Crippen LogP contribution in [-0.2, 0) is 11.2 Å². The van der Waals surface area contributed by atoms with Gasteiger partial charge < -0.3 is 10.1 Å². The van der Waals surface area contributed by atoms with Crippen molar-refractivity contribution >= 4 is 12.0 Å². The van der Waals surface area contributed by atoms with Crippen LogP contribution in [0.25, 0.3) is 6.08 Å². The van der Waals surface area contributed by atoms with E-state index in [9.17, 15) is 9.18 Å². The molecule has 3 rings (SSSR count). The molecular weight excluding hydrogens is 293 g/mol. The molecule has 1 amide bonds. The van der Waals surface area contributed by atoms with Gasteiger partial charge in [-0.1, -0.05) is 18.2 Å². The number of carbonyl (C=O) groups is 1. The molecule has 0 bridgehead atoms. The zero-order valence-corrected chi connectivity index (χ0v) is 12.9. The second kappa shape index (κ2) is 6.65. The molecule has 2 aromatic rings. The first-order valence-electron chi connectivity index (χ1n) is 7.61. The molecule has 4 heteroatoms. The summed E-state index contributed by atoms with van der Waals surface area (Å²) in [4.78, 5) is 12.0. The van der Waals surface area contributed by atoms with Gasteiger partial charge in [-0.15, -0.1) is 0 Å². The van der Waals surface area contributed by atoms with Crippen LogP contribution in [0.4, 0.5) is 4.39 Å². The summed E-state index contributed by atoms with van der Waals surface area (Å²) in [6.07, 6.45) is 3.92. The first-order chi connectivity index (χ1) is 11.1. The van der Waals surface area contributed by atoms with Crippen LogP contribution in [0.5, 0.6) is 5.75 Å². The summed E-state index contributed by atoms with van der Waals surface area (Å²) in [6, 6.07) is 12.0. The summed E-state index contributed by atoms with van der Waals surface area (Å²) in [5, 5.41) is 2.91. The average Bonchev–Trinajstić information content (AvgIpc) is 3.00. The Hall–Kier alpha value is -2.62. The molecule has 3 nitrogen and oxygen atoms in total. The number of nitrogens with one attached hydrogen (secondary N) is 1. The Balaban J connectivity index is 1.63. The molecular formula is C19H18FNO2.